The lowest BCUT2D eigenvalue weighted by atomic mass is 10.1. The van der Waals surface area contributed by atoms with E-state index < -0.39 is 25.8 Å². The fraction of sp³-hybridized carbons (Fsp3) is 0.286. The number of aromatic nitrogens is 2. The van der Waals surface area contributed by atoms with Crippen molar-refractivity contribution in [2.75, 3.05) is 6.61 Å². The maximum atomic E-state index is 14.0. The van der Waals surface area contributed by atoms with Crippen LogP contribution in [0.4, 0.5) is 13.2 Å². The lowest BCUT2D eigenvalue weighted by Crippen LogP contribution is -2.22. The van der Waals surface area contributed by atoms with Crippen molar-refractivity contribution in [1.29, 1.82) is 0 Å². The Kier molecular flexibility index (Phi) is 8.68. The van der Waals surface area contributed by atoms with Crippen molar-refractivity contribution in [2.24, 2.45) is 0 Å². The summed E-state index contributed by atoms with van der Waals surface area (Å²) < 4.78 is 60.2. The molecule has 4 rings (SSSR count). The molecule has 4 aromatic rings. The van der Waals surface area contributed by atoms with E-state index in [0.717, 1.165) is 12.2 Å². The summed E-state index contributed by atoms with van der Waals surface area (Å²) in [5, 5.41) is -0.0574. The van der Waals surface area contributed by atoms with Crippen LogP contribution in [0, 0.1) is 0 Å². The summed E-state index contributed by atoms with van der Waals surface area (Å²) in [4.78, 5) is 16.4. The van der Waals surface area contributed by atoms with Crippen molar-refractivity contribution in [1.82, 2.24) is 9.55 Å². The molecule has 0 amide bonds. The first-order valence-electron chi connectivity index (χ1n) is 12.3. The summed E-state index contributed by atoms with van der Waals surface area (Å²) >= 11 is 6.39. The Morgan fingerprint density at radius 3 is 2.46 bits per heavy atom. The van der Waals surface area contributed by atoms with E-state index in [1.165, 1.54) is 29.0 Å². The zero-order valence-corrected chi connectivity index (χ0v) is 23.5. The Hall–Kier alpha value is -3.34. The van der Waals surface area contributed by atoms with Crippen molar-refractivity contribution in [2.45, 2.75) is 45.0 Å². The van der Waals surface area contributed by atoms with Gasteiger partial charge in [0.1, 0.15) is 29.6 Å². The maximum Gasteiger partial charge on any atom is 0.418 e. The Labute approximate surface area is 230 Å². The van der Waals surface area contributed by atoms with Gasteiger partial charge < -0.3 is 18.8 Å². The highest BCUT2D eigenvalue weighted by molar-refractivity contribution is 6.76. The van der Waals surface area contributed by atoms with E-state index >= 15 is 0 Å². The number of hydrogen-bond acceptors (Lipinski definition) is 5. The normalized spacial score (nSPS) is 12.1. The van der Waals surface area contributed by atoms with Gasteiger partial charge in [0.05, 0.1) is 22.4 Å². The molecule has 0 aliphatic heterocycles. The molecule has 0 unspecified atom stereocenters. The first kappa shape index (κ1) is 28.7. The van der Waals surface area contributed by atoms with E-state index in [-0.39, 0.29) is 40.7 Å². The number of fused-ring (bicyclic) bond motifs is 1. The summed E-state index contributed by atoms with van der Waals surface area (Å²) in [6, 6.07) is 15.5. The standard InChI is InChI=1S/C28H28ClF3N2O4Si/c1-39(2,3)14-13-36-18-34-17-21(28(30,31)32)26-24(11-12-33-27(26)34)38-23-10-9-19(15-22(23)29)16-25(35)37-20-7-5-4-6-8-20/h4-12,15,17H,13-14,16,18H2,1-3H3. The van der Waals surface area contributed by atoms with Gasteiger partial charge in [0, 0.05) is 27.1 Å². The number of halogens is 4. The number of carbonyl (C=O) groups is 1. The smallest absolute Gasteiger partial charge is 0.418 e. The Morgan fingerprint density at radius 2 is 1.79 bits per heavy atom. The minimum atomic E-state index is -4.64. The second-order valence-electron chi connectivity index (χ2n) is 10.2. The van der Waals surface area contributed by atoms with Crippen molar-refractivity contribution < 1.29 is 32.2 Å². The van der Waals surface area contributed by atoms with Crippen LogP contribution in [0.25, 0.3) is 11.0 Å². The van der Waals surface area contributed by atoms with Gasteiger partial charge in [0.2, 0.25) is 0 Å². The molecular formula is C28H28ClF3N2O4Si. The van der Waals surface area contributed by atoms with Gasteiger partial charge in [-0.1, -0.05) is 55.5 Å². The highest BCUT2D eigenvalue weighted by Gasteiger charge is 2.36. The number of rotatable bonds is 10. The molecule has 11 heteroatoms. The fourth-order valence-corrected chi connectivity index (χ4v) is 4.80. The summed E-state index contributed by atoms with van der Waals surface area (Å²) in [5.41, 5.74) is -0.235. The van der Waals surface area contributed by atoms with Gasteiger partial charge in [0.25, 0.3) is 0 Å². The third kappa shape index (κ3) is 7.62. The third-order valence-electron chi connectivity index (χ3n) is 5.79. The summed E-state index contributed by atoms with van der Waals surface area (Å²) in [5.74, 6) is 0.0250. The largest absolute Gasteiger partial charge is 0.455 e. The molecular weight excluding hydrogens is 549 g/mol. The molecule has 39 heavy (non-hydrogen) atoms. The summed E-state index contributed by atoms with van der Waals surface area (Å²) in [7, 11) is -1.35. The van der Waals surface area contributed by atoms with E-state index in [4.69, 9.17) is 25.8 Å². The summed E-state index contributed by atoms with van der Waals surface area (Å²) in [6.07, 6.45) is -2.33. The number of alkyl halides is 3. The number of hydrogen-bond donors (Lipinski definition) is 0. The monoisotopic (exact) mass is 576 g/mol. The molecule has 0 fully saturated rings. The van der Waals surface area contributed by atoms with E-state index in [9.17, 15) is 18.0 Å². The van der Waals surface area contributed by atoms with Gasteiger partial charge in [-0.2, -0.15) is 13.2 Å². The Morgan fingerprint density at radius 1 is 1.05 bits per heavy atom. The molecule has 0 bridgehead atoms. The highest BCUT2D eigenvalue weighted by Crippen LogP contribution is 2.42. The van der Waals surface area contributed by atoms with E-state index in [1.807, 2.05) is 6.07 Å². The number of esters is 1. The molecule has 0 N–H and O–H groups in total. The van der Waals surface area contributed by atoms with Gasteiger partial charge in [-0.15, -0.1) is 0 Å². The SMILES string of the molecule is C[Si](C)(C)CCOCn1cc(C(F)(F)F)c2c(Oc3ccc(CC(=O)Oc4ccccc4)cc3Cl)ccnc21. The quantitative estimate of drug-likeness (QED) is 0.0829. The zero-order valence-electron chi connectivity index (χ0n) is 21.7. The summed E-state index contributed by atoms with van der Waals surface area (Å²) in [6.45, 7) is 6.98. The van der Waals surface area contributed by atoms with Gasteiger partial charge in [-0.3, -0.25) is 4.79 Å². The van der Waals surface area contributed by atoms with Crippen LogP contribution in [0.3, 0.4) is 0 Å². The molecule has 206 valence electrons. The minimum absolute atomic E-state index is 0.0484. The van der Waals surface area contributed by atoms with E-state index in [2.05, 4.69) is 24.6 Å². The van der Waals surface area contributed by atoms with Crippen molar-refractivity contribution in [3.8, 4) is 17.2 Å². The van der Waals surface area contributed by atoms with Crippen molar-refractivity contribution in [3.05, 3.63) is 83.1 Å². The van der Waals surface area contributed by atoms with Crippen LogP contribution in [-0.4, -0.2) is 30.2 Å². The number of benzene rings is 2. The minimum Gasteiger partial charge on any atom is -0.455 e. The molecule has 0 radical (unpaired) electrons. The third-order valence-corrected chi connectivity index (χ3v) is 7.79. The van der Waals surface area contributed by atoms with Crippen LogP contribution in [0.1, 0.15) is 11.1 Å². The maximum absolute atomic E-state index is 14.0. The molecule has 6 nitrogen and oxygen atoms in total. The predicted octanol–water partition coefficient (Wildman–Crippen LogP) is 7.96. The Bertz CT molecular complexity index is 1450. The number of nitrogens with zero attached hydrogens (tertiary/aromatic N) is 2. The number of ether oxygens (including phenoxy) is 3. The van der Waals surface area contributed by atoms with Crippen LogP contribution >= 0.6 is 11.6 Å². The first-order valence-corrected chi connectivity index (χ1v) is 16.3. The van der Waals surface area contributed by atoms with Gasteiger partial charge >= 0.3 is 12.1 Å². The van der Waals surface area contributed by atoms with Crippen LogP contribution in [-0.2, 0) is 28.9 Å². The van der Waals surface area contributed by atoms with Crippen LogP contribution < -0.4 is 9.47 Å². The average molecular weight is 577 g/mol. The molecule has 2 aromatic carbocycles. The molecule has 2 heterocycles. The zero-order chi connectivity index (χ0) is 28.2. The lowest BCUT2D eigenvalue weighted by Gasteiger charge is -2.15. The molecule has 2 aromatic heterocycles. The molecule has 0 spiro atoms. The Balaban J connectivity index is 1.55. The first-order chi connectivity index (χ1) is 18.4. The molecule has 0 aliphatic carbocycles. The van der Waals surface area contributed by atoms with Gasteiger partial charge in [-0.05, 0) is 41.9 Å². The van der Waals surface area contributed by atoms with E-state index in [1.54, 1.807) is 30.3 Å². The van der Waals surface area contributed by atoms with Crippen molar-refractivity contribution >= 4 is 36.7 Å². The molecule has 0 saturated carbocycles. The van der Waals surface area contributed by atoms with Crippen molar-refractivity contribution in [3.63, 3.8) is 0 Å². The topological polar surface area (TPSA) is 62.6 Å². The van der Waals surface area contributed by atoms with E-state index in [0.29, 0.717) is 17.9 Å². The molecule has 0 saturated heterocycles. The fourth-order valence-electron chi connectivity index (χ4n) is 3.80. The number of para-hydroxylation sites is 1. The molecule has 0 aliphatic rings. The van der Waals surface area contributed by atoms with Crippen LogP contribution in [0.5, 0.6) is 17.2 Å². The second-order valence-corrected chi connectivity index (χ2v) is 16.2. The average Bonchev–Trinajstić information content (AvgIpc) is 3.24. The second kappa shape index (κ2) is 11.8. The number of carbonyl (C=O) groups excluding carboxylic acids is 1. The predicted molar refractivity (Wildman–Crippen MR) is 146 cm³/mol. The molecule has 0 atom stereocenters. The van der Waals surface area contributed by atoms with Crippen LogP contribution in [0.15, 0.2) is 67.0 Å². The van der Waals surface area contributed by atoms with Gasteiger partial charge in [-0.25, -0.2) is 4.98 Å². The van der Waals surface area contributed by atoms with Crippen LogP contribution in [0.2, 0.25) is 30.7 Å². The number of pyridine rings is 1. The van der Waals surface area contributed by atoms with Gasteiger partial charge in [0.15, 0.2) is 0 Å². The lowest BCUT2D eigenvalue weighted by molar-refractivity contribution is -0.136. The highest BCUT2D eigenvalue weighted by atomic mass is 35.5.